The van der Waals surface area contributed by atoms with Gasteiger partial charge in [0.15, 0.2) is 11.8 Å². The first kappa shape index (κ1) is 20.9. The van der Waals surface area contributed by atoms with Crippen molar-refractivity contribution in [3.63, 3.8) is 0 Å². The van der Waals surface area contributed by atoms with Crippen LogP contribution in [-0.2, 0) is 11.2 Å². The number of amidine groups is 1. The Hall–Kier alpha value is -1.83. The third-order valence-electron chi connectivity index (χ3n) is 3.83. The average molecular weight is 568 g/mol. The minimum Gasteiger partial charge on any atom is -0.476 e. The number of aryl methyl sites for hydroxylation is 1. The van der Waals surface area contributed by atoms with E-state index in [4.69, 9.17) is 10.00 Å². The standard InChI is InChI=1S/C20H15BrIN3O2S/c1-2-12-3-5-14(6-4-12)24-20-25-19(26)17(28-20)11-13-9-15(21)18(16(22)10-13)27-8-7-23/h3-6,9-11H,2,8H2,1H3,(H,24,25,26)/b17-11-. The molecule has 0 spiro atoms. The van der Waals surface area contributed by atoms with Crippen molar-refractivity contribution in [2.24, 2.45) is 4.99 Å². The van der Waals surface area contributed by atoms with E-state index in [2.05, 4.69) is 55.8 Å². The quantitative estimate of drug-likeness (QED) is 0.387. The molecule has 1 N–H and O–H groups in total. The zero-order valence-corrected chi connectivity index (χ0v) is 19.4. The van der Waals surface area contributed by atoms with Crippen LogP contribution in [0.15, 0.2) is 50.8 Å². The summed E-state index contributed by atoms with van der Waals surface area (Å²) in [5.41, 5.74) is 2.90. The Morgan fingerprint density at radius 3 is 2.75 bits per heavy atom. The normalized spacial score (nSPS) is 16.3. The Bertz CT molecular complexity index is 990. The number of nitrogens with one attached hydrogen (secondary N) is 1. The van der Waals surface area contributed by atoms with Gasteiger partial charge in [0.05, 0.1) is 18.6 Å². The summed E-state index contributed by atoms with van der Waals surface area (Å²) in [4.78, 5) is 17.4. The van der Waals surface area contributed by atoms with Gasteiger partial charge in [-0.1, -0.05) is 19.1 Å². The molecule has 0 bridgehead atoms. The molecule has 1 fully saturated rings. The van der Waals surface area contributed by atoms with Crippen LogP contribution in [0, 0.1) is 14.9 Å². The van der Waals surface area contributed by atoms with Gasteiger partial charge in [-0.3, -0.25) is 4.79 Å². The SMILES string of the molecule is CCc1ccc(N=C2NC(=O)/C(=C/c3cc(Br)c(OCC#N)c(I)c3)S2)cc1. The molecule has 8 heteroatoms. The highest BCUT2D eigenvalue weighted by atomic mass is 127. The van der Waals surface area contributed by atoms with Gasteiger partial charge in [0.1, 0.15) is 11.8 Å². The summed E-state index contributed by atoms with van der Waals surface area (Å²) in [6.45, 7) is 2.08. The number of benzene rings is 2. The van der Waals surface area contributed by atoms with E-state index in [0.717, 1.165) is 25.7 Å². The van der Waals surface area contributed by atoms with Crippen LogP contribution < -0.4 is 10.1 Å². The van der Waals surface area contributed by atoms with Crippen LogP contribution in [0.5, 0.6) is 5.75 Å². The van der Waals surface area contributed by atoms with E-state index >= 15 is 0 Å². The highest BCUT2D eigenvalue weighted by molar-refractivity contribution is 14.1. The predicted octanol–water partition coefficient (Wildman–Crippen LogP) is 5.41. The average Bonchev–Trinajstić information content (AvgIpc) is 3.00. The second-order valence-corrected chi connectivity index (χ2v) is 8.81. The number of hydrogen-bond acceptors (Lipinski definition) is 5. The maximum absolute atomic E-state index is 12.3. The zero-order valence-electron chi connectivity index (χ0n) is 14.8. The number of carbonyl (C=O) groups is 1. The van der Waals surface area contributed by atoms with Crippen LogP contribution in [0.1, 0.15) is 18.1 Å². The van der Waals surface area contributed by atoms with Crippen molar-refractivity contribution in [2.45, 2.75) is 13.3 Å². The zero-order chi connectivity index (χ0) is 20.1. The Kier molecular flexibility index (Phi) is 7.15. The van der Waals surface area contributed by atoms with Crippen LogP contribution >= 0.6 is 50.3 Å². The molecule has 0 saturated carbocycles. The maximum Gasteiger partial charge on any atom is 0.264 e. The Morgan fingerprint density at radius 2 is 2.11 bits per heavy atom. The summed E-state index contributed by atoms with van der Waals surface area (Å²) in [7, 11) is 0. The molecule has 1 saturated heterocycles. The molecule has 1 amide bonds. The van der Waals surface area contributed by atoms with Crippen LogP contribution in [-0.4, -0.2) is 17.7 Å². The van der Waals surface area contributed by atoms with Gasteiger partial charge in [-0.05, 0) is 98.2 Å². The van der Waals surface area contributed by atoms with Crippen LogP contribution in [0.4, 0.5) is 5.69 Å². The number of hydrogen-bond donors (Lipinski definition) is 1. The molecule has 1 heterocycles. The lowest BCUT2D eigenvalue weighted by molar-refractivity contribution is -0.115. The molecule has 1 aliphatic heterocycles. The number of nitriles is 1. The van der Waals surface area contributed by atoms with Crippen LogP contribution in [0.2, 0.25) is 0 Å². The number of carbonyl (C=O) groups excluding carboxylic acids is 1. The molecule has 3 rings (SSSR count). The molecule has 5 nitrogen and oxygen atoms in total. The molecular weight excluding hydrogens is 553 g/mol. The number of nitrogens with zero attached hydrogens (tertiary/aromatic N) is 2. The summed E-state index contributed by atoms with van der Waals surface area (Å²) < 4.78 is 7.00. The number of rotatable bonds is 5. The smallest absolute Gasteiger partial charge is 0.264 e. The first-order valence-electron chi connectivity index (χ1n) is 8.37. The summed E-state index contributed by atoms with van der Waals surface area (Å²) in [5, 5.41) is 12.0. The van der Waals surface area contributed by atoms with Crippen molar-refractivity contribution < 1.29 is 9.53 Å². The van der Waals surface area contributed by atoms with Gasteiger partial charge >= 0.3 is 0 Å². The first-order chi connectivity index (χ1) is 13.5. The van der Waals surface area contributed by atoms with Crippen molar-refractivity contribution in [3.05, 3.63) is 60.5 Å². The lowest BCUT2D eigenvalue weighted by atomic mass is 10.2. The molecule has 2 aromatic carbocycles. The highest BCUT2D eigenvalue weighted by Crippen LogP contribution is 2.34. The fourth-order valence-electron chi connectivity index (χ4n) is 2.46. The summed E-state index contributed by atoms with van der Waals surface area (Å²) >= 11 is 6.91. The molecule has 0 aliphatic carbocycles. The van der Waals surface area contributed by atoms with E-state index in [1.807, 2.05) is 48.5 Å². The molecule has 2 aromatic rings. The predicted molar refractivity (Wildman–Crippen MR) is 125 cm³/mol. The van der Waals surface area contributed by atoms with E-state index in [9.17, 15) is 4.79 Å². The Morgan fingerprint density at radius 1 is 1.36 bits per heavy atom. The van der Waals surface area contributed by atoms with Gasteiger partial charge in [-0.25, -0.2) is 4.99 Å². The Labute approximate surface area is 189 Å². The number of thioether (sulfide) groups is 1. The number of amides is 1. The molecule has 0 unspecified atom stereocenters. The summed E-state index contributed by atoms with van der Waals surface area (Å²) in [6.07, 6.45) is 2.79. The number of aliphatic imine (C=N–C) groups is 1. The maximum atomic E-state index is 12.3. The van der Waals surface area contributed by atoms with Gasteiger partial charge in [0.2, 0.25) is 0 Å². The molecule has 1 aliphatic rings. The molecule has 0 atom stereocenters. The van der Waals surface area contributed by atoms with Crippen molar-refractivity contribution in [1.82, 2.24) is 5.32 Å². The topological polar surface area (TPSA) is 74.5 Å². The van der Waals surface area contributed by atoms with Crippen molar-refractivity contribution in [2.75, 3.05) is 6.61 Å². The minimum absolute atomic E-state index is 0.0215. The van der Waals surface area contributed by atoms with Gasteiger partial charge in [0, 0.05) is 0 Å². The van der Waals surface area contributed by atoms with Crippen molar-refractivity contribution in [1.29, 1.82) is 5.26 Å². The van der Waals surface area contributed by atoms with Crippen molar-refractivity contribution >= 4 is 73.1 Å². The minimum atomic E-state index is -0.176. The molecular formula is C20H15BrIN3O2S. The third kappa shape index (κ3) is 5.16. The second kappa shape index (κ2) is 9.58. The molecule has 142 valence electrons. The van der Waals surface area contributed by atoms with Crippen LogP contribution in [0.25, 0.3) is 6.08 Å². The summed E-state index contributed by atoms with van der Waals surface area (Å²) in [5.74, 6) is 0.440. The monoisotopic (exact) mass is 567 g/mol. The van der Waals surface area contributed by atoms with Gasteiger partial charge < -0.3 is 10.1 Å². The largest absolute Gasteiger partial charge is 0.476 e. The van der Waals surface area contributed by atoms with E-state index in [1.165, 1.54) is 17.3 Å². The number of ether oxygens (including phenoxy) is 1. The fraction of sp³-hybridized carbons (Fsp3) is 0.150. The van der Waals surface area contributed by atoms with Gasteiger partial charge in [0.25, 0.3) is 5.91 Å². The van der Waals surface area contributed by atoms with Crippen molar-refractivity contribution in [3.8, 4) is 11.8 Å². The Balaban J connectivity index is 1.80. The highest BCUT2D eigenvalue weighted by Gasteiger charge is 2.24. The summed E-state index contributed by atoms with van der Waals surface area (Å²) in [6, 6.07) is 13.7. The van der Waals surface area contributed by atoms with Crippen LogP contribution in [0.3, 0.4) is 0 Å². The first-order valence-corrected chi connectivity index (χ1v) is 11.1. The second-order valence-electron chi connectivity index (χ2n) is 5.76. The van der Waals surface area contributed by atoms with E-state index in [0.29, 0.717) is 15.8 Å². The third-order valence-corrected chi connectivity index (χ3v) is 6.13. The van der Waals surface area contributed by atoms with Gasteiger partial charge in [-0.15, -0.1) is 0 Å². The van der Waals surface area contributed by atoms with E-state index < -0.39 is 0 Å². The molecule has 0 radical (unpaired) electrons. The lowest BCUT2D eigenvalue weighted by Gasteiger charge is -2.08. The lowest BCUT2D eigenvalue weighted by Crippen LogP contribution is -2.19. The molecule has 0 aromatic heterocycles. The number of halogens is 2. The fourth-order valence-corrected chi connectivity index (χ4v) is 5.07. The van der Waals surface area contributed by atoms with Gasteiger partial charge in [-0.2, -0.15) is 5.26 Å². The van der Waals surface area contributed by atoms with E-state index in [1.54, 1.807) is 0 Å². The van der Waals surface area contributed by atoms with E-state index in [-0.39, 0.29) is 12.5 Å². The molecule has 28 heavy (non-hydrogen) atoms.